The fraction of sp³-hybridized carbons (Fsp3) is 0.429. The lowest BCUT2D eigenvalue weighted by atomic mass is 9.97. The molecule has 2 aromatic rings. The van der Waals surface area contributed by atoms with E-state index in [1.165, 1.54) is 0 Å². The molecule has 1 aromatic heterocycles. The largest absolute Gasteiger partial charge is 0.467 e. The lowest BCUT2D eigenvalue weighted by Crippen LogP contribution is -2.46. The van der Waals surface area contributed by atoms with Gasteiger partial charge in [-0.1, -0.05) is 37.3 Å². The quantitative estimate of drug-likeness (QED) is 0.786. The number of nitrogens with one attached hydrogen (secondary N) is 2. The standard InChI is InChI=1S/C21H27N3O3/c1-16-9-11-24(12-10-16)21(26)20(17-6-3-2-4-7-17)23-15-19(25)22-14-18-8-5-13-27-18/h2-8,13,16,20,23H,9-12,14-15H2,1H3,(H,22,25). The van der Waals surface area contributed by atoms with Crippen LogP contribution in [0.4, 0.5) is 0 Å². The Bertz CT molecular complexity index is 722. The lowest BCUT2D eigenvalue weighted by molar-refractivity contribution is -0.135. The predicted octanol–water partition coefficient (Wildman–Crippen LogP) is 2.49. The summed E-state index contributed by atoms with van der Waals surface area (Å²) in [6, 6.07) is 12.6. The molecule has 6 nitrogen and oxygen atoms in total. The van der Waals surface area contributed by atoms with E-state index in [0.717, 1.165) is 31.5 Å². The third-order valence-corrected chi connectivity index (χ3v) is 4.98. The number of benzene rings is 1. The van der Waals surface area contributed by atoms with Crippen LogP contribution in [0.2, 0.25) is 0 Å². The van der Waals surface area contributed by atoms with E-state index in [1.54, 1.807) is 18.4 Å². The molecule has 3 rings (SSSR count). The highest BCUT2D eigenvalue weighted by Crippen LogP contribution is 2.21. The third-order valence-electron chi connectivity index (χ3n) is 4.98. The number of likely N-dealkylation sites (tertiary alicyclic amines) is 1. The SMILES string of the molecule is CC1CCN(C(=O)C(NCC(=O)NCc2ccco2)c2ccccc2)CC1. The van der Waals surface area contributed by atoms with Gasteiger partial charge in [0.25, 0.3) is 0 Å². The molecule has 2 N–H and O–H groups in total. The maximum atomic E-state index is 13.1. The zero-order valence-corrected chi connectivity index (χ0v) is 15.7. The summed E-state index contributed by atoms with van der Waals surface area (Å²) in [4.78, 5) is 27.2. The maximum Gasteiger partial charge on any atom is 0.244 e. The van der Waals surface area contributed by atoms with Crippen LogP contribution in [-0.4, -0.2) is 36.3 Å². The Hall–Kier alpha value is -2.60. The predicted molar refractivity (Wildman–Crippen MR) is 103 cm³/mol. The van der Waals surface area contributed by atoms with Crippen molar-refractivity contribution in [3.05, 3.63) is 60.1 Å². The maximum absolute atomic E-state index is 13.1. The Labute approximate surface area is 159 Å². The van der Waals surface area contributed by atoms with Crippen molar-refractivity contribution >= 4 is 11.8 Å². The molecule has 1 atom stereocenters. The number of carbonyl (C=O) groups excluding carboxylic acids is 2. The van der Waals surface area contributed by atoms with Crippen molar-refractivity contribution in [3.63, 3.8) is 0 Å². The molecule has 0 aliphatic carbocycles. The van der Waals surface area contributed by atoms with Gasteiger partial charge in [0.05, 0.1) is 19.4 Å². The minimum Gasteiger partial charge on any atom is -0.467 e. The number of amides is 2. The number of hydrogen-bond donors (Lipinski definition) is 2. The molecular formula is C21H27N3O3. The molecule has 144 valence electrons. The molecule has 0 bridgehead atoms. The summed E-state index contributed by atoms with van der Waals surface area (Å²) in [6.45, 7) is 4.17. The van der Waals surface area contributed by atoms with E-state index < -0.39 is 6.04 Å². The summed E-state index contributed by atoms with van der Waals surface area (Å²) >= 11 is 0. The Morgan fingerprint density at radius 2 is 1.89 bits per heavy atom. The molecule has 27 heavy (non-hydrogen) atoms. The molecule has 6 heteroatoms. The van der Waals surface area contributed by atoms with Gasteiger partial charge in [0.15, 0.2) is 0 Å². The van der Waals surface area contributed by atoms with Crippen LogP contribution >= 0.6 is 0 Å². The summed E-state index contributed by atoms with van der Waals surface area (Å²) in [7, 11) is 0. The highest BCUT2D eigenvalue weighted by Gasteiger charge is 2.28. The lowest BCUT2D eigenvalue weighted by Gasteiger charge is -2.33. The normalized spacial score (nSPS) is 16.1. The zero-order valence-electron chi connectivity index (χ0n) is 15.7. The molecular weight excluding hydrogens is 342 g/mol. The first-order valence-corrected chi connectivity index (χ1v) is 9.49. The molecule has 1 aliphatic heterocycles. The summed E-state index contributed by atoms with van der Waals surface area (Å²) < 4.78 is 5.21. The minimum atomic E-state index is -0.519. The van der Waals surface area contributed by atoms with E-state index in [4.69, 9.17) is 4.42 Å². The Balaban J connectivity index is 1.60. The highest BCUT2D eigenvalue weighted by atomic mass is 16.3. The van der Waals surface area contributed by atoms with Gasteiger partial charge in [0.2, 0.25) is 11.8 Å². The highest BCUT2D eigenvalue weighted by molar-refractivity contribution is 5.85. The molecule has 1 aromatic carbocycles. The van der Waals surface area contributed by atoms with Crippen molar-refractivity contribution in [1.82, 2.24) is 15.5 Å². The van der Waals surface area contributed by atoms with Crippen molar-refractivity contribution in [2.45, 2.75) is 32.4 Å². The van der Waals surface area contributed by atoms with Gasteiger partial charge >= 0.3 is 0 Å². The van der Waals surface area contributed by atoms with Crippen LogP contribution in [0.25, 0.3) is 0 Å². The van der Waals surface area contributed by atoms with Crippen LogP contribution in [0.1, 0.15) is 37.1 Å². The van der Waals surface area contributed by atoms with Gasteiger partial charge in [0.1, 0.15) is 11.8 Å². The second-order valence-electron chi connectivity index (χ2n) is 7.09. The van der Waals surface area contributed by atoms with Crippen LogP contribution in [0.3, 0.4) is 0 Å². The van der Waals surface area contributed by atoms with Crippen LogP contribution in [0.15, 0.2) is 53.1 Å². The second-order valence-corrected chi connectivity index (χ2v) is 7.09. The van der Waals surface area contributed by atoms with Crippen LogP contribution < -0.4 is 10.6 Å². The number of carbonyl (C=O) groups is 2. The molecule has 2 amide bonds. The number of furan rings is 1. The van der Waals surface area contributed by atoms with E-state index in [2.05, 4.69) is 17.6 Å². The molecule has 1 fully saturated rings. The topological polar surface area (TPSA) is 74.6 Å². The van der Waals surface area contributed by atoms with Crippen molar-refractivity contribution < 1.29 is 14.0 Å². The smallest absolute Gasteiger partial charge is 0.244 e. The van der Waals surface area contributed by atoms with E-state index in [-0.39, 0.29) is 18.4 Å². The number of rotatable bonds is 7. The van der Waals surface area contributed by atoms with Gasteiger partial charge in [-0.3, -0.25) is 14.9 Å². The van der Waals surface area contributed by atoms with Crippen LogP contribution in [-0.2, 0) is 16.1 Å². The monoisotopic (exact) mass is 369 g/mol. The summed E-state index contributed by atoms with van der Waals surface area (Å²) in [5.41, 5.74) is 0.875. The average Bonchev–Trinajstić information content (AvgIpc) is 3.21. The van der Waals surface area contributed by atoms with Crippen LogP contribution in [0, 0.1) is 5.92 Å². The summed E-state index contributed by atoms with van der Waals surface area (Å²) in [6.07, 6.45) is 3.62. The van der Waals surface area contributed by atoms with Gasteiger partial charge in [-0.05, 0) is 36.5 Å². The van der Waals surface area contributed by atoms with E-state index in [1.807, 2.05) is 35.2 Å². The molecule has 1 saturated heterocycles. The fourth-order valence-corrected chi connectivity index (χ4v) is 3.26. The average molecular weight is 369 g/mol. The summed E-state index contributed by atoms with van der Waals surface area (Å²) in [5, 5.41) is 5.94. The van der Waals surface area contributed by atoms with Gasteiger partial charge in [-0.25, -0.2) is 0 Å². The van der Waals surface area contributed by atoms with Gasteiger partial charge < -0.3 is 14.6 Å². The first-order chi connectivity index (χ1) is 13.1. The Morgan fingerprint density at radius 3 is 2.56 bits per heavy atom. The third kappa shape index (κ3) is 5.44. The van der Waals surface area contributed by atoms with Crippen molar-refractivity contribution in [2.75, 3.05) is 19.6 Å². The van der Waals surface area contributed by atoms with E-state index in [9.17, 15) is 9.59 Å². The van der Waals surface area contributed by atoms with E-state index in [0.29, 0.717) is 18.2 Å². The zero-order chi connectivity index (χ0) is 19.1. The molecule has 2 heterocycles. The number of nitrogens with zero attached hydrogens (tertiary/aromatic N) is 1. The first kappa shape index (κ1) is 19.2. The fourth-order valence-electron chi connectivity index (χ4n) is 3.26. The van der Waals surface area contributed by atoms with Crippen LogP contribution in [0.5, 0.6) is 0 Å². The molecule has 1 unspecified atom stereocenters. The van der Waals surface area contributed by atoms with E-state index >= 15 is 0 Å². The first-order valence-electron chi connectivity index (χ1n) is 9.49. The molecule has 1 aliphatic rings. The Kier molecular flexibility index (Phi) is 6.65. The molecule has 0 radical (unpaired) electrons. The van der Waals surface area contributed by atoms with Crippen molar-refractivity contribution in [2.24, 2.45) is 5.92 Å². The van der Waals surface area contributed by atoms with Crippen molar-refractivity contribution in [3.8, 4) is 0 Å². The van der Waals surface area contributed by atoms with Crippen molar-refractivity contribution in [1.29, 1.82) is 0 Å². The molecule has 0 spiro atoms. The van der Waals surface area contributed by atoms with Gasteiger partial charge in [0, 0.05) is 13.1 Å². The molecule has 0 saturated carbocycles. The minimum absolute atomic E-state index is 0.0342. The van der Waals surface area contributed by atoms with Gasteiger partial charge in [-0.2, -0.15) is 0 Å². The Morgan fingerprint density at radius 1 is 1.15 bits per heavy atom. The second kappa shape index (κ2) is 9.37. The summed E-state index contributed by atoms with van der Waals surface area (Å²) in [5.74, 6) is 1.21. The number of piperidine rings is 1. The van der Waals surface area contributed by atoms with Gasteiger partial charge in [-0.15, -0.1) is 0 Å². The number of hydrogen-bond acceptors (Lipinski definition) is 4.